The van der Waals surface area contributed by atoms with Crippen molar-refractivity contribution in [2.45, 2.75) is 6.92 Å². The van der Waals surface area contributed by atoms with Crippen LogP contribution in [0, 0.1) is 0 Å². The molecule has 0 heterocycles. The van der Waals surface area contributed by atoms with E-state index in [4.69, 9.17) is 17.3 Å². The SMILES string of the molecule is CCN(C(=O)CCl)c1ccc(C(N)=O)cc1. The first-order chi connectivity index (χ1) is 7.60. The zero-order valence-corrected chi connectivity index (χ0v) is 9.70. The molecule has 0 aromatic heterocycles. The molecule has 0 aliphatic rings. The number of anilines is 1. The number of hydrogen-bond donors (Lipinski definition) is 1. The van der Waals surface area contributed by atoms with Crippen molar-refractivity contribution in [3.8, 4) is 0 Å². The van der Waals surface area contributed by atoms with Crippen LogP contribution in [-0.4, -0.2) is 24.2 Å². The monoisotopic (exact) mass is 240 g/mol. The van der Waals surface area contributed by atoms with Gasteiger partial charge >= 0.3 is 0 Å². The Labute approximate surface area is 99.0 Å². The number of carbonyl (C=O) groups excluding carboxylic acids is 2. The van der Waals surface area contributed by atoms with Crippen molar-refractivity contribution in [3.05, 3.63) is 29.8 Å². The van der Waals surface area contributed by atoms with E-state index in [2.05, 4.69) is 0 Å². The maximum atomic E-state index is 11.5. The number of benzene rings is 1. The molecule has 0 aliphatic heterocycles. The third-order valence-electron chi connectivity index (χ3n) is 2.20. The topological polar surface area (TPSA) is 63.4 Å². The van der Waals surface area contributed by atoms with Crippen molar-refractivity contribution >= 4 is 29.1 Å². The van der Waals surface area contributed by atoms with Gasteiger partial charge in [-0.2, -0.15) is 0 Å². The molecule has 0 saturated heterocycles. The van der Waals surface area contributed by atoms with E-state index in [-0.39, 0.29) is 11.8 Å². The fourth-order valence-electron chi connectivity index (χ4n) is 1.38. The summed E-state index contributed by atoms with van der Waals surface area (Å²) >= 11 is 5.49. The molecule has 86 valence electrons. The molecule has 1 aromatic rings. The molecule has 1 aromatic carbocycles. The second kappa shape index (κ2) is 5.51. The molecular formula is C11H13ClN2O2. The van der Waals surface area contributed by atoms with Gasteiger partial charge in [0.15, 0.2) is 0 Å². The summed E-state index contributed by atoms with van der Waals surface area (Å²) in [6, 6.07) is 6.52. The Hall–Kier alpha value is -1.55. The van der Waals surface area contributed by atoms with E-state index < -0.39 is 5.91 Å². The normalized spacial score (nSPS) is 9.88. The molecular weight excluding hydrogens is 228 g/mol. The number of nitrogens with two attached hydrogens (primary N) is 1. The van der Waals surface area contributed by atoms with Gasteiger partial charge in [-0.15, -0.1) is 11.6 Å². The van der Waals surface area contributed by atoms with Gasteiger partial charge in [-0.1, -0.05) is 0 Å². The average Bonchev–Trinajstić information content (AvgIpc) is 2.30. The molecule has 16 heavy (non-hydrogen) atoms. The van der Waals surface area contributed by atoms with Gasteiger partial charge in [0.25, 0.3) is 0 Å². The van der Waals surface area contributed by atoms with Crippen molar-refractivity contribution in [1.82, 2.24) is 0 Å². The third kappa shape index (κ3) is 2.73. The quantitative estimate of drug-likeness (QED) is 0.808. The molecule has 4 nitrogen and oxygen atoms in total. The Bertz CT molecular complexity index is 389. The van der Waals surface area contributed by atoms with E-state index in [1.165, 1.54) is 4.90 Å². The summed E-state index contributed by atoms with van der Waals surface area (Å²) < 4.78 is 0. The molecule has 0 unspecified atom stereocenters. The van der Waals surface area contributed by atoms with Crippen LogP contribution in [0.4, 0.5) is 5.69 Å². The lowest BCUT2D eigenvalue weighted by Gasteiger charge is -2.19. The first-order valence-corrected chi connectivity index (χ1v) is 5.39. The van der Waals surface area contributed by atoms with Crippen LogP contribution in [0.25, 0.3) is 0 Å². The fraction of sp³-hybridized carbons (Fsp3) is 0.273. The number of carbonyl (C=O) groups is 2. The van der Waals surface area contributed by atoms with Crippen LogP contribution < -0.4 is 10.6 Å². The second-order valence-corrected chi connectivity index (χ2v) is 3.45. The van der Waals surface area contributed by atoms with Crippen molar-refractivity contribution in [2.75, 3.05) is 17.3 Å². The van der Waals surface area contributed by atoms with Gasteiger partial charge < -0.3 is 10.6 Å². The number of amides is 2. The maximum absolute atomic E-state index is 11.5. The Morgan fingerprint density at radius 1 is 1.31 bits per heavy atom. The number of hydrogen-bond acceptors (Lipinski definition) is 2. The summed E-state index contributed by atoms with van der Waals surface area (Å²) in [5.41, 5.74) is 6.24. The molecule has 0 fully saturated rings. The lowest BCUT2D eigenvalue weighted by atomic mass is 10.2. The maximum Gasteiger partial charge on any atom is 0.248 e. The van der Waals surface area contributed by atoms with Crippen molar-refractivity contribution < 1.29 is 9.59 Å². The molecule has 5 heteroatoms. The zero-order valence-electron chi connectivity index (χ0n) is 8.94. The lowest BCUT2D eigenvalue weighted by molar-refractivity contribution is -0.116. The van der Waals surface area contributed by atoms with E-state index in [1.54, 1.807) is 24.3 Å². The summed E-state index contributed by atoms with van der Waals surface area (Å²) in [5.74, 6) is -0.722. The van der Waals surface area contributed by atoms with Crippen LogP contribution in [-0.2, 0) is 4.79 Å². The average molecular weight is 241 g/mol. The first-order valence-electron chi connectivity index (χ1n) is 4.86. The van der Waals surface area contributed by atoms with Gasteiger partial charge in [0.1, 0.15) is 5.88 Å². The molecule has 0 atom stereocenters. The Balaban J connectivity index is 2.95. The van der Waals surface area contributed by atoms with E-state index in [9.17, 15) is 9.59 Å². The lowest BCUT2D eigenvalue weighted by Crippen LogP contribution is -2.31. The van der Waals surface area contributed by atoms with E-state index >= 15 is 0 Å². The first kappa shape index (κ1) is 12.5. The summed E-state index contributed by atoms with van der Waals surface area (Å²) in [5, 5.41) is 0. The Kier molecular flexibility index (Phi) is 4.31. The predicted octanol–water partition coefficient (Wildman–Crippen LogP) is 1.38. The van der Waals surface area contributed by atoms with E-state index in [1.807, 2.05) is 6.92 Å². The largest absolute Gasteiger partial charge is 0.366 e. The minimum absolute atomic E-state index is 0.0641. The molecule has 2 amide bonds. The number of alkyl halides is 1. The van der Waals surface area contributed by atoms with Crippen LogP contribution >= 0.6 is 11.6 Å². The van der Waals surface area contributed by atoms with Crippen LogP contribution in [0.5, 0.6) is 0 Å². The van der Waals surface area contributed by atoms with Crippen LogP contribution in [0.1, 0.15) is 17.3 Å². The molecule has 0 radical (unpaired) electrons. The Morgan fingerprint density at radius 2 is 1.88 bits per heavy atom. The van der Waals surface area contributed by atoms with Gasteiger partial charge in [0.05, 0.1) is 0 Å². The molecule has 0 aliphatic carbocycles. The highest BCUT2D eigenvalue weighted by Crippen LogP contribution is 2.15. The van der Waals surface area contributed by atoms with Gasteiger partial charge in [0, 0.05) is 17.8 Å². The van der Waals surface area contributed by atoms with Crippen molar-refractivity contribution in [3.63, 3.8) is 0 Å². The smallest absolute Gasteiger partial charge is 0.248 e. The zero-order chi connectivity index (χ0) is 12.1. The second-order valence-electron chi connectivity index (χ2n) is 3.18. The summed E-state index contributed by atoms with van der Waals surface area (Å²) in [6.07, 6.45) is 0. The highest BCUT2D eigenvalue weighted by atomic mass is 35.5. The summed E-state index contributed by atoms with van der Waals surface area (Å²) in [7, 11) is 0. The molecule has 1 rings (SSSR count). The minimum Gasteiger partial charge on any atom is -0.366 e. The number of nitrogens with zero attached hydrogens (tertiary/aromatic N) is 1. The minimum atomic E-state index is -0.488. The number of primary amides is 1. The van der Waals surface area contributed by atoms with Gasteiger partial charge in [-0.05, 0) is 31.2 Å². The van der Waals surface area contributed by atoms with E-state index in [0.717, 1.165) is 0 Å². The Morgan fingerprint density at radius 3 is 2.25 bits per heavy atom. The van der Waals surface area contributed by atoms with Crippen LogP contribution in [0.15, 0.2) is 24.3 Å². The van der Waals surface area contributed by atoms with Gasteiger partial charge in [-0.3, -0.25) is 9.59 Å². The molecule has 0 bridgehead atoms. The van der Waals surface area contributed by atoms with E-state index in [0.29, 0.717) is 17.8 Å². The number of halogens is 1. The highest BCUT2D eigenvalue weighted by Gasteiger charge is 2.12. The fourth-order valence-corrected chi connectivity index (χ4v) is 1.52. The van der Waals surface area contributed by atoms with Crippen LogP contribution in [0.3, 0.4) is 0 Å². The van der Waals surface area contributed by atoms with Gasteiger partial charge in [-0.25, -0.2) is 0 Å². The van der Waals surface area contributed by atoms with Crippen molar-refractivity contribution in [2.24, 2.45) is 5.73 Å². The molecule has 2 N–H and O–H groups in total. The molecule has 0 spiro atoms. The molecule has 0 saturated carbocycles. The van der Waals surface area contributed by atoms with Crippen LogP contribution in [0.2, 0.25) is 0 Å². The third-order valence-corrected chi connectivity index (χ3v) is 2.42. The van der Waals surface area contributed by atoms with Gasteiger partial charge in [0.2, 0.25) is 11.8 Å². The summed E-state index contributed by atoms with van der Waals surface area (Å²) in [4.78, 5) is 23.9. The number of rotatable bonds is 4. The standard InChI is InChI=1S/C11H13ClN2O2/c1-2-14(10(15)7-12)9-5-3-8(4-6-9)11(13)16/h3-6H,2,7H2,1H3,(H2,13,16). The summed E-state index contributed by atoms with van der Waals surface area (Å²) in [6.45, 7) is 2.38. The predicted molar refractivity (Wildman–Crippen MR) is 63.7 cm³/mol. The van der Waals surface area contributed by atoms with Crippen molar-refractivity contribution in [1.29, 1.82) is 0 Å². The highest BCUT2D eigenvalue weighted by molar-refractivity contribution is 6.29.